The number of nitrogens with zero attached hydrogens (tertiary/aromatic N) is 1. The van der Waals surface area contributed by atoms with Gasteiger partial charge in [-0.2, -0.15) is 0 Å². The molecule has 1 aliphatic heterocycles. The molecule has 2 atom stereocenters. The zero-order chi connectivity index (χ0) is 12.8. The second-order valence-corrected chi connectivity index (χ2v) is 6.51. The summed E-state index contributed by atoms with van der Waals surface area (Å²) in [4.78, 5) is 2.55. The van der Waals surface area contributed by atoms with Gasteiger partial charge in [-0.3, -0.25) is 0 Å². The van der Waals surface area contributed by atoms with Gasteiger partial charge >= 0.3 is 0 Å². The van der Waals surface area contributed by atoms with Crippen LogP contribution in [0.15, 0.2) is 35.7 Å². The molecular weight excluding hydrogens is 254 g/mol. The van der Waals surface area contributed by atoms with E-state index in [2.05, 4.69) is 28.5 Å². The molecule has 2 aliphatic rings. The first kappa shape index (κ1) is 11.4. The number of hydrogen-bond acceptors (Lipinski definition) is 3. The summed E-state index contributed by atoms with van der Waals surface area (Å²) >= 11 is 1.82. The standard InChI is InChI=1S/C16H17NOS/c18-13-6-5-11-9-12-3-1-7-17(15-4-2-8-19-15)16(12)14(11)10-13/h2,4-6,8,10,12,16,18H,1,3,7,9H2. The smallest absolute Gasteiger partial charge is 0.115 e. The maximum Gasteiger partial charge on any atom is 0.115 e. The van der Waals surface area contributed by atoms with Crippen LogP contribution in [0.2, 0.25) is 0 Å². The molecule has 1 aliphatic carbocycles. The summed E-state index contributed by atoms with van der Waals surface area (Å²) in [6.07, 6.45) is 3.75. The highest BCUT2D eigenvalue weighted by molar-refractivity contribution is 7.14. The fourth-order valence-corrected chi connectivity index (χ4v) is 4.51. The molecule has 2 aromatic rings. The van der Waals surface area contributed by atoms with Gasteiger partial charge in [0.15, 0.2) is 0 Å². The highest BCUT2D eigenvalue weighted by atomic mass is 32.1. The summed E-state index contributed by atoms with van der Waals surface area (Å²) in [7, 11) is 0. The van der Waals surface area contributed by atoms with Gasteiger partial charge in [0.05, 0.1) is 11.0 Å². The highest BCUT2D eigenvalue weighted by Crippen LogP contribution is 2.48. The molecule has 0 bridgehead atoms. The number of anilines is 1. The molecule has 1 saturated heterocycles. The lowest BCUT2D eigenvalue weighted by Gasteiger charge is -2.39. The van der Waals surface area contributed by atoms with Crippen molar-refractivity contribution in [3.05, 3.63) is 46.8 Å². The lowest BCUT2D eigenvalue weighted by atomic mass is 9.90. The molecule has 1 N–H and O–H groups in total. The average molecular weight is 271 g/mol. The first-order valence-corrected chi connectivity index (χ1v) is 7.83. The summed E-state index contributed by atoms with van der Waals surface area (Å²) < 4.78 is 0. The Bertz CT molecular complexity index is 593. The van der Waals surface area contributed by atoms with Crippen LogP contribution in [0.3, 0.4) is 0 Å². The van der Waals surface area contributed by atoms with E-state index in [0.29, 0.717) is 17.7 Å². The summed E-state index contributed by atoms with van der Waals surface area (Å²) in [5.74, 6) is 1.11. The maximum atomic E-state index is 9.79. The molecule has 4 rings (SSSR count). The Hall–Kier alpha value is -1.48. The van der Waals surface area contributed by atoms with Gasteiger partial charge in [-0.1, -0.05) is 6.07 Å². The first-order valence-electron chi connectivity index (χ1n) is 6.95. The molecule has 1 aromatic heterocycles. The van der Waals surface area contributed by atoms with Gasteiger partial charge in [0.1, 0.15) is 5.75 Å². The summed E-state index contributed by atoms with van der Waals surface area (Å²) in [6.45, 7) is 1.14. The number of fused-ring (bicyclic) bond motifs is 3. The van der Waals surface area contributed by atoms with E-state index in [4.69, 9.17) is 0 Å². The van der Waals surface area contributed by atoms with E-state index in [-0.39, 0.29) is 0 Å². The lowest BCUT2D eigenvalue weighted by Crippen LogP contribution is -2.36. The number of benzene rings is 1. The molecule has 0 radical (unpaired) electrons. The van der Waals surface area contributed by atoms with Gasteiger partial charge in [0.2, 0.25) is 0 Å². The number of phenolic OH excluding ortho intramolecular Hbond substituents is 1. The van der Waals surface area contributed by atoms with Crippen molar-refractivity contribution in [2.75, 3.05) is 11.4 Å². The number of piperidine rings is 1. The molecule has 1 fully saturated rings. The molecule has 3 heteroatoms. The van der Waals surface area contributed by atoms with Crippen molar-refractivity contribution < 1.29 is 5.11 Å². The normalized spacial score (nSPS) is 25.2. The van der Waals surface area contributed by atoms with Gasteiger partial charge in [-0.05, 0) is 66.0 Å². The van der Waals surface area contributed by atoms with Gasteiger partial charge in [-0.25, -0.2) is 0 Å². The lowest BCUT2D eigenvalue weighted by molar-refractivity contribution is 0.352. The molecule has 1 aromatic carbocycles. The van der Waals surface area contributed by atoms with Crippen LogP contribution in [0.5, 0.6) is 5.75 Å². The third-order valence-corrected chi connectivity index (χ3v) is 5.38. The first-order chi connectivity index (χ1) is 9.33. The van der Waals surface area contributed by atoms with Crippen molar-refractivity contribution in [3.63, 3.8) is 0 Å². The topological polar surface area (TPSA) is 23.5 Å². The monoisotopic (exact) mass is 271 g/mol. The predicted octanol–water partition coefficient (Wildman–Crippen LogP) is 3.97. The van der Waals surface area contributed by atoms with E-state index in [0.717, 1.165) is 6.54 Å². The summed E-state index contributed by atoms with van der Waals surface area (Å²) in [5.41, 5.74) is 2.77. The van der Waals surface area contributed by atoms with Gasteiger partial charge in [-0.15, -0.1) is 11.3 Å². The second kappa shape index (κ2) is 4.27. The average Bonchev–Trinajstić information content (AvgIpc) is 3.04. The van der Waals surface area contributed by atoms with Crippen LogP contribution < -0.4 is 4.90 Å². The zero-order valence-electron chi connectivity index (χ0n) is 10.7. The minimum atomic E-state index is 0.399. The molecule has 19 heavy (non-hydrogen) atoms. The van der Waals surface area contributed by atoms with Gasteiger partial charge in [0, 0.05) is 6.54 Å². The minimum absolute atomic E-state index is 0.399. The fourth-order valence-electron chi connectivity index (χ4n) is 3.72. The van der Waals surface area contributed by atoms with Crippen molar-refractivity contribution in [1.82, 2.24) is 0 Å². The zero-order valence-corrected chi connectivity index (χ0v) is 11.6. The number of rotatable bonds is 1. The Balaban J connectivity index is 1.79. The van der Waals surface area contributed by atoms with Crippen molar-refractivity contribution >= 4 is 16.3 Å². The number of thiophene rings is 1. The summed E-state index contributed by atoms with van der Waals surface area (Å²) in [5, 5.41) is 13.3. The van der Waals surface area contributed by atoms with E-state index in [1.807, 2.05) is 23.5 Å². The Kier molecular flexibility index (Phi) is 2.55. The molecule has 2 nitrogen and oxygen atoms in total. The second-order valence-electron chi connectivity index (χ2n) is 5.58. The Labute approximate surface area is 117 Å². The predicted molar refractivity (Wildman–Crippen MR) is 78.9 cm³/mol. The maximum absolute atomic E-state index is 9.79. The van der Waals surface area contributed by atoms with Crippen LogP contribution in [0, 0.1) is 5.92 Å². The van der Waals surface area contributed by atoms with Crippen LogP contribution in [0.1, 0.15) is 30.0 Å². The van der Waals surface area contributed by atoms with Crippen LogP contribution in [0.25, 0.3) is 0 Å². The quantitative estimate of drug-likeness (QED) is 0.848. The molecule has 98 valence electrons. The van der Waals surface area contributed by atoms with E-state index in [1.54, 1.807) is 0 Å². The van der Waals surface area contributed by atoms with E-state index < -0.39 is 0 Å². The van der Waals surface area contributed by atoms with Gasteiger partial charge < -0.3 is 10.0 Å². The molecular formula is C16H17NOS. The highest BCUT2D eigenvalue weighted by Gasteiger charge is 2.39. The number of hydrogen-bond donors (Lipinski definition) is 1. The van der Waals surface area contributed by atoms with E-state index in [9.17, 15) is 5.11 Å². The number of phenols is 1. The molecule has 0 spiro atoms. The third-order valence-electron chi connectivity index (χ3n) is 4.48. The van der Waals surface area contributed by atoms with Crippen molar-refractivity contribution in [2.45, 2.75) is 25.3 Å². The van der Waals surface area contributed by atoms with Crippen LogP contribution in [0.4, 0.5) is 5.00 Å². The molecule has 0 saturated carbocycles. The largest absolute Gasteiger partial charge is 0.508 e. The molecule has 2 heterocycles. The summed E-state index contributed by atoms with van der Waals surface area (Å²) in [6, 6.07) is 10.7. The van der Waals surface area contributed by atoms with Crippen LogP contribution >= 0.6 is 11.3 Å². The van der Waals surface area contributed by atoms with E-state index in [1.165, 1.54) is 35.4 Å². The van der Waals surface area contributed by atoms with E-state index >= 15 is 0 Å². The number of aromatic hydroxyl groups is 1. The SMILES string of the molecule is Oc1ccc2c(c1)C1C(CCCN1c1cccs1)C2. The third kappa shape index (κ3) is 1.76. The Morgan fingerprint density at radius 1 is 1.26 bits per heavy atom. The van der Waals surface area contributed by atoms with Crippen LogP contribution in [-0.2, 0) is 6.42 Å². The van der Waals surface area contributed by atoms with Crippen molar-refractivity contribution in [2.24, 2.45) is 5.92 Å². The minimum Gasteiger partial charge on any atom is -0.508 e. The molecule has 0 amide bonds. The van der Waals surface area contributed by atoms with Crippen molar-refractivity contribution in [1.29, 1.82) is 0 Å². The Morgan fingerprint density at radius 3 is 3.05 bits per heavy atom. The van der Waals surface area contributed by atoms with Crippen LogP contribution in [-0.4, -0.2) is 11.7 Å². The van der Waals surface area contributed by atoms with Gasteiger partial charge in [0.25, 0.3) is 0 Å². The van der Waals surface area contributed by atoms with Crippen molar-refractivity contribution in [3.8, 4) is 5.75 Å². The fraction of sp³-hybridized carbons (Fsp3) is 0.375. The molecule has 2 unspecified atom stereocenters. The Morgan fingerprint density at radius 2 is 2.21 bits per heavy atom.